The Kier molecular flexibility index (Phi) is 6.14. The zero-order valence-corrected chi connectivity index (χ0v) is 11.2. The Labute approximate surface area is 111 Å². The molecule has 0 amide bonds. The second-order valence-corrected chi connectivity index (χ2v) is 4.33. The molecule has 0 fully saturated rings. The van der Waals surface area contributed by atoms with Crippen LogP contribution in [0.1, 0.15) is 32.6 Å². The van der Waals surface area contributed by atoms with Crippen molar-refractivity contribution in [1.29, 1.82) is 0 Å². The van der Waals surface area contributed by atoms with Crippen LogP contribution in [0.4, 0.5) is 11.5 Å². The van der Waals surface area contributed by atoms with E-state index in [4.69, 9.17) is 10.8 Å². The first-order valence-electron chi connectivity index (χ1n) is 6.59. The molecule has 7 nitrogen and oxygen atoms in total. The molecule has 1 rings (SSSR count). The van der Waals surface area contributed by atoms with E-state index in [1.165, 1.54) is 4.57 Å². The van der Waals surface area contributed by atoms with Crippen LogP contribution < -0.4 is 22.3 Å². The van der Waals surface area contributed by atoms with E-state index in [2.05, 4.69) is 10.3 Å². The number of anilines is 2. The van der Waals surface area contributed by atoms with Crippen molar-refractivity contribution in [1.82, 2.24) is 9.55 Å². The van der Waals surface area contributed by atoms with Gasteiger partial charge in [-0.2, -0.15) is 0 Å². The van der Waals surface area contributed by atoms with Gasteiger partial charge in [-0.05, 0) is 19.8 Å². The fourth-order valence-electron chi connectivity index (χ4n) is 1.88. The molecule has 0 aliphatic carbocycles. The summed E-state index contributed by atoms with van der Waals surface area (Å²) in [5.74, 6) is 0.173. The van der Waals surface area contributed by atoms with Gasteiger partial charge in [0, 0.05) is 19.7 Å². The van der Waals surface area contributed by atoms with Gasteiger partial charge in [-0.1, -0.05) is 12.8 Å². The van der Waals surface area contributed by atoms with Gasteiger partial charge in [-0.3, -0.25) is 14.3 Å². The molecule has 7 heteroatoms. The lowest BCUT2D eigenvalue weighted by Crippen LogP contribution is -2.33. The van der Waals surface area contributed by atoms with Crippen molar-refractivity contribution in [3.05, 3.63) is 20.8 Å². The third-order valence-corrected chi connectivity index (χ3v) is 2.94. The maximum absolute atomic E-state index is 11.7. The fraction of sp³-hybridized carbons (Fsp3) is 0.667. The van der Waals surface area contributed by atoms with E-state index in [0.717, 1.165) is 25.7 Å². The third kappa shape index (κ3) is 4.13. The molecule has 0 saturated carbocycles. The van der Waals surface area contributed by atoms with Gasteiger partial charge >= 0.3 is 5.69 Å². The number of aliphatic hydroxyl groups is 1. The summed E-state index contributed by atoms with van der Waals surface area (Å²) in [6.45, 7) is 3.02. The largest absolute Gasteiger partial charge is 0.396 e. The summed E-state index contributed by atoms with van der Waals surface area (Å²) < 4.78 is 1.31. The Bertz CT molecular complexity index is 507. The van der Waals surface area contributed by atoms with Crippen LogP contribution in [0.3, 0.4) is 0 Å². The molecule has 0 aliphatic rings. The molecule has 1 aromatic heterocycles. The predicted molar refractivity (Wildman–Crippen MR) is 75.5 cm³/mol. The molecule has 0 saturated heterocycles. The molecule has 1 aromatic rings. The van der Waals surface area contributed by atoms with Crippen molar-refractivity contribution in [3.63, 3.8) is 0 Å². The van der Waals surface area contributed by atoms with Crippen molar-refractivity contribution in [3.8, 4) is 0 Å². The summed E-state index contributed by atoms with van der Waals surface area (Å²) in [7, 11) is 0. The van der Waals surface area contributed by atoms with Gasteiger partial charge in [0.25, 0.3) is 5.56 Å². The van der Waals surface area contributed by atoms with Crippen molar-refractivity contribution in [2.24, 2.45) is 0 Å². The fourth-order valence-corrected chi connectivity index (χ4v) is 1.88. The molecule has 0 aliphatic heterocycles. The molecule has 0 aromatic carbocycles. The topological polar surface area (TPSA) is 113 Å². The van der Waals surface area contributed by atoms with Crippen LogP contribution in [0.25, 0.3) is 0 Å². The van der Waals surface area contributed by atoms with Crippen molar-refractivity contribution < 1.29 is 5.11 Å². The van der Waals surface area contributed by atoms with E-state index >= 15 is 0 Å². The highest BCUT2D eigenvalue weighted by Gasteiger charge is 2.10. The number of hydrogen-bond acceptors (Lipinski definition) is 5. The molecule has 108 valence electrons. The number of unbranched alkanes of at least 4 members (excludes halogenated alkanes) is 3. The number of aliphatic hydroxyl groups excluding tert-OH is 1. The van der Waals surface area contributed by atoms with Crippen LogP contribution in [-0.2, 0) is 6.54 Å². The first-order chi connectivity index (χ1) is 9.11. The second kappa shape index (κ2) is 7.63. The van der Waals surface area contributed by atoms with Gasteiger partial charge in [0.05, 0.1) is 0 Å². The number of aromatic nitrogens is 2. The van der Waals surface area contributed by atoms with Crippen LogP contribution in [-0.4, -0.2) is 27.8 Å². The summed E-state index contributed by atoms with van der Waals surface area (Å²) in [5, 5.41) is 11.6. The van der Waals surface area contributed by atoms with Gasteiger partial charge in [0.1, 0.15) is 11.5 Å². The average molecular weight is 270 g/mol. The molecular formula is C12H22N4O3. The van der Waals surface area contributed by atoms with Crippen LogP contribution in [0.15, 0.2) is 9.59 Å². The summed E-state index contributed by atoms with van der Waals surface area (Å²) in [5.41, 5.74) is 5.09. The highest BCUT2D eigenvalue weighted by molar-refractivity contribution is 5.60. The summed E-state index contributed by atoms with van der Waals surface area (Å²) in [6.07, 6.45) is 3.60. The average Bonchev–Trinajstić information content (AvgIpc) is 2.37. The van der Waals surface area contributed by atoms with Gasteiger partial charge in [-0.25, -0.2) is 4.79 Å². The normalized spacial score (nSPS) is 10.6. The lowest BCUT2D eigenvalue weighted by Gasteiger charge is -2.12. The molecule has 19 heavy (non-hydrogen) atoms. The Hall–Kier alpha value is -1.76. The maximum Gasteiger partial charge on any atom is 0.330 e. The Morgan fingerprint density at radius 3 is 2.58 bits per heavy atom. The van der Waals surface area contributed by atoms with Gasteiger partial charge < -0.3 is 16.2 Å². The molecule has 0 bridgehead atoms. The number of nitrogens with zero attached hydrogens (tertiary/aromatic N) is 1. The second-order valence-electron chi connectivity index (χ2n) is 4.33. The Morgan fingerprint density at radius 1 is 1.26 bits per heavy atom. The maximum atomic E-state index is 11.7. The van der Waals surface area contributed by atoms with Crippen molar-refractivity contribution in [2.75, 3.05) is 24.2 Å². The van der Waals surface area contributed by atoms with E-state index in [0.29, 0.717) is 13.1 Å². The minimum absolute atomic E-state index is 0.173. The highest BCUT2D eigenvalue weighted by atomic mass is 16.3. The van der Waals surface area contributed by atoms with Crippen LogP contribution in [0.5, 0.6) is 0 Å². The lowest BCUT2D eigenvalue weighted by molar-refractivity contribution is 0.283. The Morgan fingerprint density at radius 2 is 1.95 bits per heavy atom. The minimum Gasteiger partial charge on any atom is -0.396 e. The van der Waals surface area contributed by atoms with E-state index in [-0.39, 0.29) is 18.1 Å². The van der Waals surface area contributed by atoms with E-state index in [9.17, 15) is 9.59 Å². The molecule has 1 heterocycles. The molecule has 0 atom stereocenters. The van der Waals surface area contributed by atoms with Gasteiger partial charge in [0.15, 0.2) is 0 Å². The van der Waals surface area contributed by atoms with Gasteiger partial charge in [-0.15, -0.1) is 0 Å². The number of nitrogen functional groups attached to an aromatic ring is 1. The highest BCUT2D eigenvalue weighted by Crippen LogP contribution is 2.10. The molecule has 0 unspecified atom stereocenters. The van der Waals surface area contributed by atoms with Crippen LogP contribution in [0, 0.1) is 0 Å². The molecule has 0 spiro atoms. The first-order valence-corrected chi connectivity index (χ1v) is 6.59. The minimum atomic E-state index is -0.488. The first kappa shape index (κ1) is 15.3. The predicted octanol–water partition coefficient (Wildman–Crippen LogP) is 0.103. The smallest absolute Gasteiger partial charge is 0.330 e. The van der Waals surface area contributed by atoms with Crippen molar-refractivity contribution >= 4 is 11.5 Å². The number of nitrogens with two attached hydrogens (primary N) is 1. The lowest BCUT2D eigenvalue weighted by atomic mass is 10.2. The van der Waals surface area contributed by atoms with Crippen LogP contribution >= 0.6 is 0 Å². The standard InChI is InChI=1S/C12H22N4O3/c1-2-16-10(13)9(11(18)15-12(16)19)14-7-5-3-4-6-8-17/h14,17H,2-8,13H2,1H3,(H,15,18,19). The number of aromatic amines is 1. The van der Waals surface area contributed by atoms with Crippen LogP contribution in [0.2, 0.25) is 0 Å². The molecule has 0 radical (unpaired) electrons. The van der Waals surface area contributed by atoms with E-state index in [1.807, 2.05) is 0 Å². The number of hydrogen-bond donors (Lipinski definition) is 4. The number of nitrogens with one attached hydrogen (secondary N) is 2. The van der Waals surface area contributed by atoms with E-state index < -0.39 is 11.2 Å². The third-order valence-electron chi connectivity index (χ3n) is 2.94. The molecular weight excluding hydrogens is 248 g/mol. The van der Waals surface area contributed by atoms with Crippen molar-refractivity contribution in [2.45, 2.75) is 39.2 Å². The Balaban J connectivity index is 2.64. The monoisotopic (exact) mass is 270 g/mol. The summed E-state index contributed by atoms with van der Waals surface area (Å²) in [6, 6.07) is 0. The molecule has 5 N–H and O–H groups in total. The zero-order valence-electron chi connectivity index (χ0n) is 11.2. The van der Waals surface area contributed by atoms with Gasteiger partial charge in [0.2, 0.25) is 0 Å². The quantitative estimate of drug-likeness (QED) is 0.500. The summed E-state index contributed by atoms with van der Waals surface area (Å²) >= 11 is 0. The SMILES string of the molecule is CCn1c(N)c(NCCCCCCO)c(=O)[nH]c1=O. The van der Waals surface area contributed by atoms with E-state index in [1.54, 1.807) is 6.92 Å². The number of H-pyrrole nitrogens is 1. The summed E-state index contributed by atoms with van der Waals surface area (Å²) in [4.78, 5) is 25.4. The number of rotatable bonds is 8. The zero-order chi connectivity index (χ0) is 14.3.